The number of carboxylic acids is 1. The lowest BCUT2D eigenvalue weighted by Gasteiger charge is -2.38. The van der Waals surface area contributed by atoms with Crippen molar-refractivity contribution < 1.29 is 19.4 Å². The van der Waals surface area contributed by atoms with Gasteiger partial charge in [-0.15, -0.1) is 0 Å². The van der Waals surface area contributed by atoms with E-state index in [4.69, 9.17) is 9.84 Å². The molecule has 1 saturated heterocycles. The largest absolute Gasteiger partial charge is 0.481 e. The van der Waals surface area contributed by atoms with Crippen LogP contribution in [0.3, 0.4) is 0 Å². The Morgan fingerprint density at radius 2 is 2.17 bits per heavy atom. The van der Waals surface area contributed by atoms with Crippen molar-refractivity contribution in [1.29, 1.82) is 0 Å². The Labute approximate surface area is 107 Å². The maximum Gasteiger partial charge on any atom is 0.308 e. The van der Waals surface area contributed by atoms with E-state index in [-0.39, 0.29) is 24.7 Å². The van der Waals surface area contributed by atoms with Gasteiger partial charge in [0.15, 0.2) is 0 Å². The van der Waals surface area contributed by atoms with Gasteiger partial charge in [0.1, 0.15) is 6.61 Å². The molecule has 1 atom stereocenters. The molecule has 1 heterocycles. The molecule has 6 nitrogen and oxygen atoms in total. The van der Waals surface area contributed by atoms with Crippen LogP contribution >= 0.6 is 0 Å². The number of carbonyl (C=O) groups excluding carboxylic acids is 1. The molecule has 0 bridgehead atoms. The number of ether oxygens (including phenoxy) is 1. The van der Waals surface area contributed by atoms with Crippen molar-refractivity contribution in [1.82, 2.24) is 10.6 Å². The van der Waals surface area contributed by atoms with Crippen LogP contribution < -0.4 is 10.6 Å². The molecule has 1 aliphatic heterocycles. The number of amides is 1. The van der Waals surface area contributed by atoms with Gasteiger partial charge in [-0.25, -0.2) is 0 Å². The van der Waals surface area contributed by atoms with Crippen molar-refractivity contribution in [3.8, 4) is 0 Å². The first-order chi connectivity index (χ1) is 8.47. The molecule has 0 saturated carbocycles. The third kappa shape index (κ3) is 4.62. The molecule has 1 unspecified atom stereocenters. The second-order valence-electron chi connectivity index (χ2n) is 4.97. The highest BCUT2D eigenvalue weighted by atomic mass is 16.5. The quantitative estimate of drug-likeness (QED) is 0.569. The average Bonchev–Trinajstić information content (AvgIpc) is 2.29. The van der Waals surface area contributed by atoms with Crippen LogP contribution in [0.5, 0.6) is 0 Å². The van der Waals surface area contributed by atoms with E-state index in [1.807, 2.05) is 13.8 Å². The average molecular weight is 258 g/mol. The fourth-order valence-corrected chi connectivity index (χ4v) is 1.77. The first kappa shape index (κ1) is 14.9. The van der Waals surface area contributed by atoms with Crippen molar-refractivity contribution in [2.24, 2.45) is 5.92 Å². The summed E-state index contributed by atoms with van der Waals surface area (Å²) in [4.78, 5) is 22.4. The van der Waals surface area contributed by atoms with E-state index in [2.05, 4.69) is 10.6 Å². The predicted molar refractivity (Wildman–Crippen MR) is 66.3 cm³/mol. The fourth-order valence-electron chi connectivity index (χ4n) is 1.77. The summed E-state index contributed by atoms with van der Waals surface area (Å²) in [7, 11) is 0. The van der Waals surface area contributed by atoms with Crippen molar-refractivity contribution >= 4 is 11.9 Å². The molecule has 0 aliphatic carbocycles. The minimum Gasteiger partial charge on any atom is -0.481 e. The number of rotatable bonds is 8. The maximum atomic E-state index is 11.5. The second-order valence-corrected chi connectivity index (χ2v) is 4.97. The number of carbonyl (C=O) groups is 2. The van der Waals surface area contributed by atoms with Gasteiger partial charge in [-0.1, -0.05) is 13.3 Å². The SMILES string of the molecule is CCCC(CNC(=O)COC1(C)CNC1)C(=O)O. The number of aliphatic carboxylic acids is 1. The topological polar surface area (TPSA) is 87.7 Å². The van der Waals surface area contributed by atoms with E-state index in [1.165, 1.54) is 0 Å². The summed E-state index contributed by atoms with van der Waals surface area (Å²) in [5.74, 6) is -1.64. The molecule has 0 spiro atoms. The van der Waals surface area contributed by atoms with Gasteiger partial charge in [0.25, 0.3) is 0 Å². The third-order valence-corrected chi connectivity index (χ3v) is 3.08. The monoisotopic (exact) mass is 258 g/mol. The summed E-state index contributed by atoms with van der Waals surface area (Å²) in [6.07, 6.45) is 1.35. The molecule has 1 fully saturated rings. The fraction of sp³-hybridized carbons (Fsp3) is 0.833. The van der Waals surface area contributed by atoms with Crippen LogP contribution in [0.25, 0.3) is 0 Å². The second kappa shape index (κ2) is 6.70. The summed E-state index contributed by atoms with van der Waals surface area (Å²) in [5, 5.41) is 14.6. The van der Waals surface area contributed by atoms with Crippen LogP contribution in [-0.4, -0.2) is 48.8 Å². The van der Waals surface area contributed by atoms with Gasteiger partial charge in [0.2, 0.25) is 5.91 Å². The molecule has 0 radical (unpaired) electrons. The standard InChI is InChI=1S/C12H22N2O4/c1-3-4-9(11(16)17)5-14-10(15)6-18-12(2)7-13-8-12/h9,13H,3-8H2,1-2H3,(H,14,15)(H,16,17). The van der Waals surface area contributed by atoms with Crippen LogP contribution in [-0.2, 0) is 14.3 Å². The Hall–Kier alpha value is -1.14. The number of hydrogen-bond donors (Lipinski definition) is 3. The predicted octanol–water partition coefficient (Wildman–Crippen LogP) is -0.0180. The smallest absolute Gasteiger partial charge is 0.308 e. The van der Waals surface area contributed by atoms with Crippen LogP contribution in [0.2, 0.25) is 0 Å². The molecule has 3 N–H and O–H groups in total. The van der Waals surface area contributed by atoms with Gasteiger partial charge in [0.05, 0.1) is 11.5 Å². The lowest BCUT2D eigenvalue weighted by Crippen LogP contribution is -2.59. The third-order valence-electron chi connectivity index (χ3n) is 3.08. The Morgan fingerprint density at radius 1 is 1.50 bits per heavy atom. The molecule has 0 aromatic carbocycles. The van der Waals surface area contributed by atoms with Gasteiger partial charge in [-0.05, 0) is 13.3 Å². The highest BCUT2D eigenvalue weighted by Gasteiger charge is 2.33. The molecule has 104 valence electrons. The molecule has 6 heteroatoms. The lowest BCUT2D eigenvalue weighted by atomic mass is 10.0. The van der Waals surface area contributed by atoms with Crippen molar-refractivity contribution in [3.05, 3.63) is 0 Å². The highest BCUT2D eigenvalue weighted by Crippen LogP contribution is 2.14. The number of hydrogen-bond acceptors (Lipinski definition) is 4. The lowest BCUT2D eigenvalue weighted by molar-refractivity contribution is -0.142. The Kier molecular flexibility index (Phi) is 5.55. The van der Waals surface area contributed by atoms with Crippen molar-refractivity contribution in [2.45, 2.75) is 32.3 Å². The first-order valence-electron chi connectivity index (χ1n) is 6.31. The molecule has 0 aromatic rings. The minimum absolute atomic E-state index is 0.0172. The van der Waals surface area contributed by atoms with Gasteiger partial charge < -0.3 is 20.5 Å². The van der Waals surface area contributed by atoms with Crippen molar-refractivity contribution in [3.63, 3.8) is 0 Å². The Balaban J connectivity index is 2.20. The minimum atomic E-state index is -0.867. The van der Waals surface area contributed by atoms with E-state index in [1.54, 1.807) is 0 Å². The molecular formula is C12H22N2O4. The Bertz CT molecular complexity index is 302. The van der Waals surface area contributed by atoms with Gasteiger partial charge >= 0.3 is 5.97 Å². The molecule has 1 aliphatic rings. The summed E-state index contributed by atoms with van der Waals surface area (Å²) in [5.41, 5.74) is -0.257. The van der Waals surface area contributed by atoms with Gasteiger partial charge in [-0.2, -0.15) is 0 Å². The van der Waals surface area contributed by atoms with Crippen LogP contribution in [0.1, 0.15) is 26.7 Å². The summed E-state index contributed by atoms with van der Waals surface area (Å²) in [6, 6.07) is 0. The normalized spacial score (nSPS) is 18.8. The molecular weight excluding hydrogens is 236 g/mol. The highest BCUT2D eigenvalue weighted by molar-refractivity contribution is 5.78. The van der Waals surface area contributed by atoms with E-state index in [9.17, 15) is 9.59 Å². The zero-order valence-electron chi connectivity index (χ0n) is 11.0. The zero-order chi connectivity index (χ0) is 13.6. The summed E-state index contributed by atoms with van der Waals surface area (Å²) < 4.78 is 5.46. The zero-order valence-corrected chi connectivity index (χ0v) is 11.0. The van der Waals surface area contributed by atoms with E-state index < -0.39 is 11.9 Å². The molecule has 1 amide bonds. The maximum absolute atomic E-state index is 11.5. The summed E-state index contributed by atoms with van der Waals surface area (Å²) in [6.45, 7) is 5.50. The van der Waals surface area contributed by atoms with E-state index in [0.29, 0.717) is 6.42 Å². The van der Waals surface area contributed by atoms with E-state index in [0.717, 1.165) is 19.5 Å². The Morgan fingerprint density at radius 3 is 2.61 bits per heavy atom. The molecule has 18 heavy (non-hydrogen) atoms. The molecule has 1 rings (SSSR count). The van der Waals surface area contributed by atoms with Crippen LogP contribution in [0, 0.1) is 5.92 Å². The van der Waals surface area contributed by atoms with Gasteiger partial charge in [-0.3, -0.25) is 9.59 Å². The van der Waals surface area contributed by atoms with E-state index >= 15 is 0 Å². The van der Waals surface area contributed by atoms with Crippen LogP contribution in [0.15, 0.2) is 0 Å². The summed E-state index contributed by atoms with van der Waals surface area (Å²) >= 11 is 0. The molecule has 0 aromatic heterocycles. The van der Waals surface area contributed by atoms with Crippen LogP contribution in [0.4, 0.5) is 0 Å². The first-order valence-corrected chi connectivity index (χ1v) is 6.31. The van der Waals surface area contributed by atoms with Crippen molar-refractivity contribution in [2.75, 3.05) is 26.2 Å². The number of carboxylic acid groups (broad SMARTS) is 1. The number of nitrogens with one attached hydrogen (secondary N) is 2. The van der Waals surface area contributed by atoms with Gasteiger partial charge in [0, 0.05) is 19.6 Å².